The molecule has 2 rings (SSSR count). The van der Waals surface area contributed by atoms with E-state index in [1.807, 2.05) is 25.1 Å². The van der Waals surface area contributed by atoms with Gasteiger partial charge in [-0.1, -0.05) is 12.1 Å². The molecule has 18 heavy (non-hydrogen) atoms. The van der Waals surface area contributed by atoms with Crippen molar-refractivity contribution in [3.8, 4) is 11.8 Å². The largest absolute Gasteiger partial charge is 0.493 e. The second-order valence-electron chi connectivity index (χ2n) is 5.45. The molecular formula is C15H20N2O. The van der Waals surface area contributed by atoms with Gasteiger partial charge < -0.3 is 10.5 Å². The highest BCUT2D eigenvalue weighted by Gasteiger charge is 2.43. The number of nitriles is 1. The Morgan fingerprint density at radius 3 is 2.89 bits per heavy atom. The molecule has 1 aliphatic rings. The number of nitrogens with zero attached hydrogens (tertiary/aromatic N) is 1. The van der Waals surface area contributed by atoms with Crippen LogP contribution in [-0.4, -0.2) is 12.6 Å². The number of benzene rings is 1. The molecule has 1 aromatic carbocycles. The Morgan fingerprint density at radius 1 is 1.50 bits per heavy atom. The van der Waals surface area contributed by atoms with Crippen molar-refractivity contribution in [2.24, 2.45) is 11.1 Å². The van der Waals surface area contributed by atoms with E-state index >= 15 is 0 Å². The highest BCUT2D eigenvalue weighted by Crippen LogP contribution is 2.48. The summed E-state index contributed by atoms with van der Waals surface area (Å²) in [6.45, 7) is 2.65. The molecule has 0 aromatic heterocycles. The van der Waals surface area contributed by atoms with Crippen LogP contribution in [0.3, 0.4) is 0 Å². The number of ether oxygens (including phenoxy) is 1. The van der Waals surface area contributed by atoms with E-state index in [9.17, 15) is 0 Å². The van der Waals surface area contributed by atoms with Crippen LogP contribution in [0.15, 0.2) is 24.3 Å². The number of hydrogen-bond acceptors (Lipinski definition) is 3. The predicted molar refractivity (Wildman–Crippen MR) is 71.2 cm³/mol. The smallest absolute Gasteiger partial charge is 0.119 e. The van der Waals surface area contributed by atoms with Crippen molar-refractivity contribution >= 4 is 0 Å². The minimum atomic E-state index is 0.131. The van der Waals surface area contributed by atoms with Crippen molar-refractivity contribution in [3.63, 3.8) is 0 Å². The Hall–Kier alpha value is -1.53. The zero-order valence-corrected chi connectivity index (χ0v) is 10.9. The molecule has 0 bridgehead atoms. The van der Waals surface area contributed by atoms with Crippen molar-refractivity contribution in [1.29, 1.82) is 5.26 Å². The maximum atomic E-state index is 8.76. The monoisotopic (exact) mass is 244 g/mol. The van der Waals surface area contributed by atoms with Crippen LogP contribution in [0.5, 0.6) is 5.75 Å². The van der Waals surface area contributed by atoms with Gasteiger partial charge in [-0.2, -0.15) is 5.26 Å². The average molecular weight is 244 g/mol. The summed E-state index contributed by atoms with van der Waals surface area (Å²) in [4.78, 5) is 0. The average Bonchev–Trinajstić information content (AvgIpc) is 3.07. The first-order valence-electron chi connectivity index (χ1n) is 6.48. The van der Waals surface area contributed by atoms with E-state index in [0.717, 1.165) is 25.0 Å². The van der Waals surface area contributed by atoms with Gasteiger partial charge in [0.05, 0.1) is 12.7 Å². The Bertz CT molecular complexity index is 444. The van der Waals surface area contributed by atoms with E-state index < -0.39 is 0 Å². The Labute approximate surface area is 109 Å². The lowest BCUT2D eigenvalue weighted by Gasteiger charge is -2.14. The first-order chi connectivity index (χ1) is 8.63. The molecule has 0 heterocycles. The van der Waals surface area contributed by atoms with Gasteiger partial charge in [-0.25, -0.2) is 0 Å². The lowest BCUT2D eigenvalue weighted by atomic mass is 10.1. The lowest BCUT2D eigenvalue weighted by molar-refractivity contribution is 0.236. The van der Waals surface area contributed by atoms with Gasteiger partial charge in [0, 0.05) is 17.9 Å². The molecule has 3 nitrogen and oxygen atoms in total. The van der Waals surface area contributed by atoms with E-state index in [-0.39, 0.29) is 11.5 Å². The van der Waals surface area contributed by atoms with E-state index in [1.165, 1.54) is 5.56 Å². The van der Waals surface area contributed by atoms with Crippen LogP contribution in [0, 0.1) is 16.7 Å². The normalized spacial score (nSPS) is 17.8. The SMILES string of the molecule is CC(N)Cc1cccc(OCC2(CC#N)CC2)c1. The number of rotatable bonds is 6. The summed E-state index contributed by atoms with van der Waals surface area (Å²) >= 11 is 0. The summed E-state index contributed by atoms with van der Waals surface area (Å²) in [6.07, 6.45) is 3.69. The molecule has 1 fully saturated rings. The van der Waals surface area contributed by atoms with Crippen LogP contribution in [0.4, 0.5) is 0 Å². The molecule has 0 radical (unpaired) electrons. The molecule has 1 atom stereocenters. The topological polar surface area (TPSA) is 59.0 Å². The second kappa shape index (κ2) is 5.41. The van der Waals surface area contributed by atoms with Gasteiger partial charge in [0.2, 0.25) is 0 Å². The Kier molecular flexibility index (Phi) is 3.88. The molecule has 2 N–H and O–H groups in total. The second-order valence-corrected chi connectivity index (χ2v) is 5.45. The van der Waals surface area contributed by atoms with Crippen LogP contribution >= 0.6 is 0 Å². The van der Waals surface area contributed by atoms with Crippen molar-refractivity contribution in [3.05, 3.63) is 29.8 Å². The molecule has 1 saturated carbocycles. The van der Waals surface area contributed by atoms with E-state index in [0.29, 0.717) is 13.0 Å². The minimum absolute atomic E-state index is 0.131. The molecule has 1 unspecified atom stereocenters. The first-order valence-corrected chi connectivity index (χ1v) is 6.48. The van der Waals surface area contributed by atoms with Crippen LogP contribution in [0.2, 0.25) is 0 Å². The zero-order valence-electron chi connectivity index (χ0n) is 10.9. The number of hydrogen-bond donors (Lipinski definition) is 1. The Balaban J connectivity index is 1.92. The van der Waals surface area contributed by atoms with Gasteiger partial charge in [-0.15, -0.1) is 0 Å². The maximum absolute atomic E-state index is 8.76. The molecule has 0 spiro atoms. The van der Waals surface area contributed by atoms with E-state index in [1.54, 1.807) is 0 Å². The van der Waals surface area contributed by atoms with Crippen molar-refractivity contribution in [2.45, 2.75) is 38.6 Å². The van der Waals surface area contributed by atoms with Crippen molar-refractivity contribution in [2.75, 3.05) is 6.61 Å². The van der Waals surface area contributed by atoms with Gasteiger partial charge >= 0.3 is 0 Å². The van der Waals surface area contributed by atoms with E-state index in [4.69, 9.17) is 15.7 Å². The van der Waals surface area contributed by atoms with Crippen molar-refractivity contribution < 1.29 is 4.74 Å². The third-order valence-corrected chi connectivity index (χ3v) is 3.41. The number of nitrogens with two attached hydrogens (primary N) is 1. The van der Waals surface area contributed by atoms with Gasteiger partial charge in [0.1, 0.15) is 5.75 Å². The Morgan fingerprint density at radius 2 is 2.28 bits per heavy atom. The predicted octanol–water partition coefficient (Wildman–Crippen LogP) is 2.65. The van der Waals surface area contributed by atoms with Gasteiger partial charge in [0.15, 0.2) is 0 Å². The van der Waals surface area contributed by atoms with Crippen LogP contribution in [-0.2, 0) is 6.42 Å². The first kappa shape index (κ1) is 12.9. The summed E-state index contributed by atoms with van der Waals surface area (Å²) in [5, 5.41) is 8.76. The van der Waals surface area contributed by atoms with E-state index in [2.05, 4.69) is 12.1 Å². The fourth-order valence-corrected chi connectivity index (χ4v) is 2.09. The third-order valence-electron chi connectivity index (χ3n) is 3.41. The van der Waals surface area contributed by atoms with Crippen LogP contribution in [0.1, 0.15) is 31.7 Å². The summed E-state index contributed by atoms with van der Waals surface area (Å²) in [6, 6.07) is 10.5. The molecule has 3 heteroatoms. The lowest BCUT2D eigenvalue weighted by Crippen LogP contribution is -2.17. The fraction of sp³-hybridized carbons (Fsp3) is 0.533. The molecule has 0 saturated heterocycles. The summed E-state index contributed by atoms with van der Waals surface area (Å²) in [5.74, 6) is 0.886. The third kappa shape index (κ3) is 3.48. The molecule has 0 aliphatic heterocycles. The van der Waals surface area contributed by atoms with Gasteiger partial charge in [0.25, 0.3) is 0 Å². The van der Waals surface area contributed by atoms with Crippen molar-refractivity contribution in [1.82, 2.24) is 0 Å². The van der Waals surface area contributed by atoms with Crippen LogP contribution < -0.4 is 10.5 Å². The van der Waals surface area contributed by atoms with Gasteiger partial charge in [-0.3, -0.25) is 0 Å². The summed E-state index contributed by atoms with van der Waals surface area (Å²) in [5.41, 5.74) is 7.12. The fourth-order valence-electron chi connectivity index (χ4n) is 2.09. The standard InChI is InChI=1S/C15H20N2O/c1-12(17)9-13-3-2-4-14(10-13)18-11-15(5-6-15)7-8-16/h2-4,10,12H,5-7,9,11,17H2,1H3. The molecular weight excluding hydrogens is 224 g/mol. The maximum Gasteiger partial charge on any atom is 0.119 e. The zero-order chi connectivity index (χ0) is 13.0. The molecule has 96 valence electrons. The highest BCUT2D eigenvalue weighted by atomic mass is 16.5. The quantitative estimate of drug-likeness (QED) is 0.837. The molecule has 0 amide bonds. The highest BCUT2D eigenvalue weighted by molar-refractivity contribution is 5.29. The molecule has 1 aliphatic carbocycles. The minimum Gasteiger partial charge on any atom is -0.493 e. The summed E-state index contributed by atoms with van der Waals surface area (Å²) < 4.78 is 5.82. The van der Waals surface area contributed by atoms with Gasteiger partial charge in [-0.05, 0) is 43.9 Å². The van der Waals surface area contributed by atoms with Crippen LogP contribution in [0.25, 0.3) is 0 Å². The summed E-state index contributed by atoms with van der Waals surface area (Å²) in [7, 11) is 0. The molecule has 1 aromatic rings.